The zero-order chi connectivity index (χ0) is 12.5. The van der Waals surface area contributed by atoms with Crippen molar-refractivity contribution in [1.82, 2.24) is 0 Å². The summed E-state index contributed by atoms with van der Waals surface area (Å²) in [6.07, 6.45) is 1.08. The van der Waals surface area contributed by atoms with E-state index in [1.165, 1.54) is 11.3 Å². The van der Waals surface area contributed by atoms with Crippen LogP contribution in [0.5, 0.6) is 0 Å². The molecule has 1 unspecified atom stereocenters. The van der Waals surface area contributed by atoms with E-state index in [1.54, 1.807) is 0 Å². The molecule has 0 spiro atoms. The average molecular weight is 307 g/mol. The summed E-state index contributed by atoms with van der Waals surface area (Å²) in [7, 11) is 0. The number of nitrogens with two attached hydrogens (primary N) is 1. The van der Waals surface area contributed by atoms with Crippen molar-refractivity contribution in [1.29, 1.82) is 0 Å². The van der Waals surface area contributed by atoms with E-state index in [1.807, 2.05) is 12.1 Å². The summed E-state index contributed by atoms with van der Waals surface area (Å²) < 4.78 is 6.41. The van der Waals surface area contributed by atoms with Gasteiger partial charge in [-0.05, 0) is 46.1 Å². The maximum absolute atomic E-state index is 5.93. The number of hydrogen-bond donors (Lipinski definition) is 1. The first-order chi connectivity index (χ1) is 8.79. The minimum atomic E-state index is 0.111. The van der Waals surface area contributed by atoms with Gasteiger partial charge >= 0.3 is 0 Å². The minimum absolute atomic E-state index is 0.111. The highest BCUT2D eigenvalue weighted by Crippen LogP contribution is 2.35. The summed E-state index contributed by atoms with van der Waals surface area (Å²) in [4.78, 5) is 2.33. The number of furan rings is 1. The number of fused-ring (bicyclic) bond motifs is 1. The van der Waals surface area contributed by atoms with Crippen LogP contribution in [0.3, 0.4) is 0 Å². The molecular formula is C14H15BrN2O. The molecule has 18 heavy (non-hydrogen) atoms. The van der Waals surface area contributed by atoms with E-state index >= 15 is 0 Å². The van der Waals surface area contributed by atoms with E-state index in [4.69, 9.17) is 10.2 Å². The number of para-hydroxylation sites is 1. The van der Waals surface area contributed by atoms with Crippen molar-refractivity contribution in [2.75, 3.05) is 18.0 Å². The van der Waals surface area contributed by atoms with Crippen molar-refractivity contribution < 1.29 is 4.42 Å². The summed E-state index contributed by atoms with van der Waals surface area (Å²) in [5, 5.41) is 0. The zero-order valence-corrected chi connectivity index (χ0v) is 11.6. The highest BCUT2D eigenvalue weighted by molar-refractivity contribution is 9.10. The maximum Gasteiger partial charge on any atom is 0.169 e. The second-order valence-corrected chi connectivity index (χ2v) is 5.25. The molecule has 94 valence electrons. The van der Waals surface area contributed by atoms with Crippen LogP contribution in [0.1, 0.15) is 17.4 Å². The molecule has 1 aliphatic heterocycles. The molecule has 0 fully saturated rings. The van der Waals surface area contributed by atoms with E-state index in [9.17, 15) is 0 Å². The molecule has 0 aliphatic carbocycles. The quantitative estimate of drug-likeness (QED) is 0.947. The van der Waals surface area contributed by atoms with Crippen LogP contribution in [0.25, 0.3) is 0 Å². The van der Waals surface area contributed by atoms with Crippen LogP contribution in [0.15, 0.2) is 45.5 Å². The highest BCUT2D eigenvalue weighted by Gasteiger charge is 2.27. The van der Waals surface area contributed by atoms with Gasteiger partial charge in [-0.2, -0.15) is 0 Å². The molecule has 1 atom stereocenters. The second-order valence-electron chi connectivity index (χ2n) is 4.47. The molecule has 2 aromatic rings. The number of hydrogen-bond acceptors (Lipinski definition) is 3. The Morgan fingerprint density at radius 3 is 2.83 bits per heavy atom. The topological polar surface area (TPSA) is 42.4 Å². The van der Waals surface area contributed by atoms with Crippen molar-refractivity contribution in [3.63, 3.8) is 0 Å². The predicted molar refractivity (Wildman–Crippen MR) is 75.7 cm³/mol. The molecule has 3 rings (SSSR count). The monoisotopic (exact) mass is 306 g/mol. The first kappa shape index (κ1) is 11.8. The van der Waals surface area contributed by atoms with Crippen molar-refractivity contribution in [3.8, 4) is 0 Å². The number of nitrogens with zero attached hydrogens (tertiary/aromatic N) is 1. The van der Waals surface area contributed by atoms with E-state index < -0.39 is 0 Å². The normalized spacial score (nSPS) is 15.8. The second kappa shape index (κ2) is 4.78. The van der Waals surface area contributed by atoms with Gasteiger partial charge in [-0.1, -0.05) is 18.2 Å². The van der Waals surface area contributed by atoms with E-state index in [0.29, 0.717) is 6.54 Å². The van der Waals surface area contributed by atoms with Crippen LogP contribution in [-0.4, -0.2) is 13.1 Å². The van der Waals surface area contributed by atoms with Gasteiger partial charge in [-0.25, -0.2) is 0 Å². The Labute approximate surface area is 115 Å². The summed E-state index contributed by atoms with van der Waals surface area (Å²) in [6.45, 7) is 1.55. The van der Waals surface area contributed by atoms with Crippen LogP contribution in [0.2, 0.25) is 0 Å². The lowest BCUT2D eigenvalue weighted by atomic mass is 10.1. The van der Waals surface area contributed by atoms with Crippen LogP contribution < -0.4 is 10.6 Å². The van der Waals surface area contributed by atoms with Gasteiger partial charge in [-0.15, -0.1) is 0 Å². The van der Waals surface area contributed by atoms with Gasteiger partial charge in [0, 0.05) is 18.8 Å². The minimum Gasteiger partial charge on any atom is -0.452 e. The van der Waals surface area contributed by atoms with Gasteiger partial charge in [0.05, 0.1) is 6.04 Å². The van der Waals surface area contributed by atoms with Gasteiger partial charge in [0.2, 0.25) is 0 Å². The standard InChI is InChI=1S/C14H15BrN2O/c15-14-6-5-13(18-14)12(9-16)17-8-7-10-3-1-2-4-11(10)17/h1-6,12H,7-9,16H2. The van der Waals surface area contributed by atoms with Gasteiger partial charge in [0.15, 0.2) is 4.67 Å². The molecule has 1 aromatic carbocycles. The zero-order valence-electron chi connectivity index (χ0n) is 9.97. The fourth-order valence-electron chi connectivity index (χ4n) is 2.59. The Hall–Kier alpha value is -1.26. The fourth-order valence-corrected chi connectivity index (χ4v) is 2.91. The summed E-state index contributed by atoms with van der Waals surface area (Å²) in [5.74, 6) is 0.918. The molecule has 3 nitrogen and oxygen atoms in total. The fraction of sp³-hybridized carbons (Fsp3) is 0.286. The van der Waals surface area contributed by atoms with Crippen molar-refractivity contribution in [2.45, 2.75) is 12.5 Å². The molecule has 1 aromatic heterocycles. The van der Waals surface area contributed by atoms with Crippen LogP contribution >= 0.6 is 15.9 Å². The third kappa shape index (κ3) is 1.95. The predicted octanol–water partition coefficient (Wildman–Crippen LogP) is 3.10. The van der Waals surface area contributed by atoms with Crippen molar-refractivity contribution in [2.24, 2.45) is 5.73 Å². The lowest BCUT2D eigenvalue weighted by Gasteiger charge is -2.27. The first-order valence-electron chi connectivity index (χ1n) is 6.09. The Kier molecular flexibility index (Phi) is 3.14. The Balaban J connectivity index is 1.95. The first-order valence-corrected chi connectivity index (χ1v) is 6.89. The number of benzene rings is 1. The molecule has 2 heterocycles. The number of halogens is 1. The highest BCUT2D eigenvalue weighted by atomic mass is 79.9. The number of anilines is 1. The SMILES string of the molecule is NCC(c1ccc(Br)o1)N1CCc2ccccc21. The number of rotatable bonds is 3. The molecule has 0 saturated heterocycles. The lowest BCUT2D eigenvalue weighted by molar-refractivity contribution is 0.439. The third-order valence-corrected chi connectivity index (χ3v) is 3.87. The molecule has 4 heteroatoms. The van der Waals surface area contributed by atoms with E-state index in [0.717, 1.165) is 23.4 Å². The summed E-state index contributed by atoms with van der Waals surface area (Å²) in [6, 6.07) is 12.5. The Bertz CT molecular complexity index is 552. The molecule has 0 bridgehead atoms. The molecular weight excluding hydrogens is 292 g/mol. The van der Waals surface area contributed by atoms with Crippen LogP contribution in [0.4, 0.5) is 5.69 Å². The smallest absolute Gasteiger partial charge is 0.169 e. The molecule has 0 saturated carbocycles. The van der Waals surface area contributed by atoms with Gasteiger partial charge in [-0.3, -0.25) is 0 Å². The summed E-state index contributed by atoms with van der Waals surface area (Å²) >= 11 is 3.34. The van der Waals surface area contributed by atoms with Gasteiger partial charge < -0.3 is 15.1 Å². The van der Waals surface area contributed by atoms with Gasteiger partial charge in [0.25, 0.3) is 0 Å². The van der Waals surface area contributed by atoms with Crippen molar-refractivity contribution in [3.05, 3.63) is 52.4 Å². The Morgan fingerprint density at radius 2 is 2.11 bits per heavy atom. The van der Waals surface area contributed by atoms with E-state index in [2.05, 4.69) is 45.1 Å². The third-order valence-electron chi connectivity index (χ3n) is 3.44. The lowest BCUT2D eigenvalue weighted by Crippen LogP contribution is -2.32. The molecule has 2 N–H and O–H groups in total. The maximum atomic E-state index is 5.93. The molecule has 0 amide bonds. The van der Waals surface area contributed by atoms with Crippen molar-refractivity contribution >= 4 is 21.6 Å². The van der Waals surface area contributed by atoms with Crippen LogP contribution in [-0.2, 0) is 6.42 Å². The van der Waals surface area contributed by atoms with E-state index in [-0.39, 0.29) is 6.04 Å². The van der Waals surface area contributed by atoms with Crippen LogP contribution in [0, 0.1) is 0 Å². The molecule has 0 radical (unpaired) electrons. The largest absolute Gasteiger partial charge is 0.452 e. The summed E-state index contributed by atoms with van der Waals surface area (Å²) in [5.41, 5.74) is 8.60. The molecule has 1 aliphatic rings. The van der Waals surface area contributed by atoms with Gasteiger partial charge in [0.1, 0.15) is 5.76 Å². The average Bonchev–Trinajstić information content (AvgIpc) is 2.98. The Morgan fingerprint density at radius 1 is 1.28 bits per heavy atom.